The van der Waals surface area contributed by atoms with Crippen LogP contribution in [0.3, 0.4) is 0 Å². The van der Waals surface area contributed by atoms with Crippen molar-refractivity contribution in [2.45, 2.75) is 11.3 Å². The molecule has 0 saturated heterocycles. The second kappa shape index (κ2) is 7.40. The molecule has 22 heavy (non-hydrogen) atoms. The van der Waals surface area contributed by atoms with Gasteiger partial charge in [0.2, 0.25) is 10.0 Å². The Hall–Kier alpha value is -1.88. The highest BCUT2D eigenvalue weighted by molar-refractivity contribution is 7.89. The maximum atomic E-state index is 12.5. The average molecular weight is 321 g/mol. The molecule has 0 aliphatic carbocycles. The minimum absolute atomic E-state index is 0.193. The second-order valence-electron chi connectivity index (χ2n) is 4.89. The van der Waals surface area contributed by atoms with Crippen molar-refractivity contribution >= 4 is 15.7 Å². The number of anilines is 1. The van der Waals surface area contributed by atoms with Crippen LogP contribution in [0, 0.1) is 11.3 Å². The van der Waals surface area contributed by atoms with Gasteiger partial charge in [-0.25, -0.2) is 13.1 Å². The molecule has 2 rings (SSSR count). The fourth-order valence-electron chi connectivity index (χ4n) is 2.28. The highest BCUT2D eigenvalue weighted by Gasteiger charge is 2.22. The zero-order valence-corrected chi connectivity index (χ0v) is 13.3. The van der Waals surface area contributed by atoms with E-state index in [0.29, 0.717) is 24.4 Å². The van der Waals surface area contributed by atoms with E-state index >= 15 is 0 Å². The number of hydrogen-bond donors (Lipinski definition) is 1. The quantitative estimate of drug-likeness (QED) is 0.630. The van der Waals surface area contributed by atoms with Crippen molar-refractivity contribution in [1.82, 2.24) is 4.72 Å². The Morgan fingerprint density at radius 2 is 2.23 bits per heavy atom. The first-order valence-corrected chi connectivity index (χ1v) is 8.49. The number of methoxy groups -OCH3 is 1. The van der Waals surface area contributed by atoms with Gasteiger partial charge in [0.1, 0.15) is 4.90 Å². The van der Waals surface area contributed by atoms with Crippen LogP contribution < -0.4 is 9.62 Å². The zero-order chi connectivity index (χ0) is 16.0. The number of sulfonamides is 1. The molecular weight excluding hydrogens is 302 g/mol. The molecule has 1 N–H and O–H groups in total. The van der Waals surface area contributed by atoms with E-state index in [-0.39, 0.29) is 11.4 Å². The van der Waals surface area contributed by atoms with Crippen LogP contribution in [0.1, 0.15) is 12.0 Å². The number of nitriles is 1. The number of nitrogens with zero attached hydrogens (tertiary/aromatic N) is 2. The molecule has 118 valence electrons. The molecule has 7 heteroatoms. The normalized spacial score (nSPS) is 14.8. The van der Waals surface area contributed by atoms with Crippen molar-refractivity contribution in [3.05, 3.63) is 35.9 Å². The van der Waals surface area contributed by atoms with E-state index in [1.165, 1.54) is 19.2 Å². The van der Waals surface area contributed by atoms with Crippen LogP contribution in [0.4, 0.5) is 5.69 Å². The summed E-state index contributed by atoms with van der Waals surface area (Å²) in [4.78, 5) is 2.16. The lowest BCUT2D eigenvalue weighted by molar-refractivity contribution is 0.204. The standard InChI is InChI=1S/C15H19N3O3S/c1-21-10-7-17-22(19,20)15-6-5-13(12-16)11-14(15)18-8-3-2-4-9-18/h2-3,5-6,11,17H,4,7-10H2,1H3. The van der Waals surface area contributed by atoms with Crippen LogP contribution in [-0.4, -0.2) is 41.8 Å². The Bertz CT molecular complexity index is 692. The highest BCUT2D eigenvalue weighted by Crippen LogP contribution is 2.27. The summed E-state index contributed by atoms with van der Waals surface area (Å²) >= 11 is 0. The number of ether oxygens (including phenoxy) is 1. The molecule has 6 nitrogen and oxygen atoms in total. The largest absolute Gasteiger partial charge is 0.383 e. The molecule has 0 atom stereocenters. The molecule has 1 aliphatic rings. The Kier molecular flexibility index (Phi) is 5.55. The molecule has 0 aromatic heterocycles. The molecule has 0 unspecified atom stereocenters. The van der Waals surface area contributed by atoms with E-state index in [2.05, 4.69) is 16.9 Å². The number of benzene rings is 1. The van der Waals surface area contributed by atoms with E-state index in [0.717, 1.165) is 13.0 Å². The Balaban J connectivity index is 2.37. The number of rotatable bonds is 6. The third-order valence-corrected chi connectivity index (χ3v) is 4.88. The Morgan fingerprint density at radius 3 is 2.86 bits per heavy atom. The summed E-state index contributed by atoms with van der Waals surface area (Å²) in [6.45, 7) is 1.87. The summed E-state index contributed by atoms with van der Waals surface area (Å²) < 4.78 is 32.3. The Labute approximate surface area is 131 Å². The van der Waals surface area contributed by atoms with E-state index < -0.39 is 10.0 Å². The van der Waals surface area contributed by atoms with E-state index in [9.17, 15) is 8.42 Å². The zero-order valence-electron chi connectivity index (χ0n) is 12.4. The average Bonchev–Trinajstić information content (AvgIpc) is 2.55. The minimum Gasteiger partial charge on any atom is -0.383 e. The van der Waals surface area contributed by atoms with Crippen LogP contribution >= 0.6 is 0 Å². The highest BCUT2D eigenvalue weighted by atomic mass is 32.2. The predicted octanol–water partition coefficient (Wildman–Crippen LogP) is 1.25. The van der Waals surface area contributed by atoms with E-state index in [4.69, 9.17) is 10.00 Å². The molecule has 0 radical (unpaired) electrons. The van der Waals surface area contributed by atoms with Crippen molar-refractivity contribution in [3.63, 3.8) is 0 Å². The van der Waals surface area contributed by atoms with Gasteiger partial charge in [-0.3, -0.25) is 0 Å². The number of nitrogens with one attached hydrogen (secondary N) is 1. The SMILES string of the molecule is COCCNS(=O)(=O)c1ccc(C#N)cc1N1CC=CCC1. The van der Waals surface area contributed by atoms with Gasteiger partial charge in [-0.15, -0.1) is 0 Å². The maximum Gasteiger partial charge on any atom is 0.242 e. The second-order valence-corrected chi connectivity index (χ2v) is 6.63. The van der Waals surface area contributed by atoms with Gasteiger partial charge in [0.15, 0.2) is 0 Å². The van der Waals surface area contributed by atoms with Gasteiger partial charge < -0.3 is 9.64 Å². The summed E-state index contributed by atoms with van der Waals surface area (Å²) in [5.74, 6) is 0. The summed E-state index contributed by atoms with van der Waals surface area (Å²) in [5.41, 5.74) is 1.01. The predicted molar refractivity (Wildman–Crippen MR) is 84.2 cm³/mol. The topological polar surface area (TPSA) is 82.4 Å². The van der Waals surface area contributed by atoms with Crippen molar-refractivity contribution in [1.29, 1.82) is 5.26 Å². The van der Waals surface area contributed by atoms with E-state index in [1.807, 2.05) is 11.0 Å². The summed E-state index contributed by atoms with van der Waals surface area (Å²) in [7, 11) is -2.13. The third-order valence-electron chi connectivity index (χ3n) is 3.37. The molecule has 0 fully saturated rings. The van der Waals surface area contributed by atoms with Gasteiger partial charge in [-0.1, -0.05) is 12.2 Å². The first kappa shape index (κ1) is 16.5. The van der Waals surface area contributed by atoms with Crippen molar-refractivity contribution in [2.75, 3.05) is 38.3 Å². The van der Waals surface area contributed by atoms with Gasteiger partial charge in [-0.2, -0.15) is 5.26 Å². The Morgan fingerprint density at radius 1 is 1.41 bits per heavy atom. The lowest BCUT2D eigenvalue weighted by Crippen LogP contribution is -2.32. The fraction of sp³-hybridized carbons (Fsp3) is 0.400. The molecule has 0 amide bonds. The van der Waals surface area contributed by atoms with Crippen LogP contribution in [0.15, 0.2) is 35.2 Å². The molecule has 1 aromatic rings. The molecule has 0 spiro atoms. The van der Waals surface area contributed by atoms with Gasteiger partial charge >= 0.3 is 0 Å². The lowest BCUT2D eigenvalue weighted by atomic mass is 10.1. The van der Waals surface area contributed by atoms with Gasteiger partial charge in [0.05, 0.1) is 23.9 Å². The smallest absolute Gasteiger partial charge is 0.242 e. The van der Waals surface area contributed by atoms with Crippen LogP contribution in [0.2, 0.25) is 0 Å². The van der Waals surface area contributed by atoms with Crippen LogP contribution in [0.5, 0.6) is 0 Å². The first-order chi connectivity index (χ1) is 10.6. The van der Waals surface area contributed by atoms with Crippen LogP contribution in [-0.2, 0) is 14.8 Å². The number of hydrogen-bond acceptors (Lipinski definition) is 5. The molecule has 1 heterocycles. The lowest BCUT2D eigenvalue weighted by Gasteiger charge is -2.27. The van der Waals surface area contributed by atoms with Crippen LogP contribution in [0.25, 0.3) is 0 Å². The summed E-state index contributed by atoms with van der Waals surface area (Å²) in [5, 5.41) is 9.06. The van der Waals surface area contributed by atoms with Crippen molar-refractivity contribution < 1.29 is 13.2 Å². The molecule has 1 aliphatic heterocycles. The van der Waals surface area contributed by atoms with Gasteiger partial charge in [-0.05, 0) is 24.6 Å². The van der Waals surface area contributed by atoms with Crippen molar-refractivity contribution in [2.24, 2.45) is 0 Å². The van der Waals surface area contributed by atoms with Gasteiger partial charge in [0.25, 0.3) is 0 Å². The summed E-state index contributed by atoms with van der Waals surface area (Å²) in [6.07, 6.45) is 4.92. The van der Waals surface area contributed by atoms with E-state index in [1.54, 1.807) is 6.07 Å². The minimum atomic E-state index is -3.64. The first-order valence-electron chi connectivity index (χ1n) is 7.01. The molecule has 0 saturated carbocycles. The summed E-state index contributed by atoms with van der Waals surface area (Å²) in [6, 6.07) is 6.70. The monoisotopic (exact) mass is 321 g/mol. The molecular formula is C15H19N3O3S. The molecule has 0 bridgehead atoms. The fourth-order valence-corrected chi connectivity index (χ4v) is 3.50. The maximum absolute atomic E-state index is 12.5. The van der Waals surface area contributed by atoms with Gasteiger partial charge in [0, 0.05) is 26.7 Å². The third kappa shape index (κ3) is 3.85. The molecule has 1 aromatic carbocycles. The van der Waals surface area contributed by atoms with Crippen molar-refractivity contribution in [3.8, 4) is 6.07 Å².